The van der Waals surface area contributed by atoms with Crippen molar-refractivity contribution in [2.24, 2.45) is 0 Å². The summed E-state index contributed by atoms with van der Waals surface area (Å²) < 4.78 is 11.6. The quantitative estimate of drug-likeness (QED) is 0.855. The first-order valence-electron chi connectivity index (χ1n) is 8.06. The van der Waals surface area contributed by atoms with Gasteiger partial charge in [-0.05, 0) is 38.3 Å². The number of piperidine rings is 1. The van der Waals surface area contributed by atoms with Crippen molar-refractivity contribution in [2.45, 2.75) is 38.8 Å². The van der Waals surface area contributed by atoms with E-state index in [9.17, 15) is 9.59 Å². The number of rotatable bonds is 4. The lowest BCUT2D eigenvalue weighted by Gasteiger charge is -2.34. The minimum Gasteiger partial charge on any atom is -0.491 e. The second-order valence-electron chi connectivity index (χ2n) is 5.97. The van der Waals surface area contributed by atoms with Crippen LogP contribution in [0.25, 0.3) is 0 Å². The maximum Gasteiger partial charge on any atom is 0.293 e. The number of likely N-dealkylation sites (tertiary alicyclic amines) is 1. The van der Waals surface area contributed by atoms with Crippen LogP contribution in [0.1, 0.15) is 36.8 Å². The smallest absolute Gasteiger partial charge is 0.293 e. The number of aryl methyl sites for hydroxylation is 1. The van der Waals surface area contributed by atoms with Crippen LogP contribution < -0.4 is 10.3 Å². The minimum atomic E-state index is -0.306. The molecule has 2 aromatic heterocycles. The number of nitrogens with zero attached hydrogens (tertiary/aromatic N) is 3. The van der Waals surface area contributed by atoms with E-state index in [1.165, 1.54) is 11.7 Å². The number of hydrogen-bond acceptors (Lipinski definition) is 5. The van der Waals surface area contributed by atoms with Crippen molar-refractivity contribution in [2.75, 3.05) is 13.7 Å². The highest BCUT2D eigenvalue weighted by Gasteiger charge is 2.30. The van der Waals surface area contributed by atoms with E-state index in [1.807, 2.05) is 13.0 Å². The van der Waals surface area contributed by atoms with E-state index in [-0.39, 0.29) is 29.8 Å². The summed E-state index contributed by atoms with van der Waals surface area (Å²) in [5.74, 6) is 0.857. The summed E-state index contributed by atoms with van der Waals surface area (Å²) in [6.07, 6.45) is 4.44. The van der Waals surface area contributed by atoms with Crippen molar-refractivity contribution < 1.29 is 14.1 Å². The second-order valence-corrected chi connectivity index (χ2v) is 5.97. The van der Waals surface area contributed by atoms with Gasteiger partial charge in [-0.25, -0.2) is 0 Å². The average molecular weight is 331 g/mol. The molecule has 0 unspecified atom stereocenters. The van der Waals surface area contributed by atoms with Crippen molar-refractivity contribution in [3.63, 3.8) is 0 Å². The first-order valence-corrected chi connectivity index (χ1v) is 8.06. The van der Waals surface area contributed by atoms with E-state index in [1.54, 1.807) is 23.2 Å². The molecule has 0 bridgehead atoms. The number of carbonyl (C=O) groups is 1. The maximum absolute atomic E-state index is 12.8. The van der Waals surface area contributed by atoms with Gasteiger partial charge in [0.05, 0.1) is 13.2 Å². The van der Waals surface area contributed by atoms with Gasteiger partial charge in [-0.2, -0.15) is 0 Å². The largest absolute Gasteiger partial charge is 0.491 e. The van der Waals surface area contributed by atoms with Crippen LogP contribution in [0.15, 0.2) is 33.7 Å². The number of methoxy groups -OCH3 is 1. The third kappa shape index (κ3) is 3.20. The van der Waals surface area contributed by atoms with Crippen LogP contribution in [0.4, 0.5) is 0 Å². The van der Waals surface area contributed by atoms with Gasteiger partial charge in [0.1, 0.15) is 18.0 Å². The van der Waals surface area contributed by atoms with Gasteiger partial charge in [-0.3, -0.25) is 9.59 Å². The number of aromatic nitrogens is 2. The Kier molecular flexibility index (Phi) is 4.69. The monoisotopic (exact) mass is 331 g/mol. The van der Waals surface area contributed by atoms with Gasteiger partial charge in [0.15, 0.2) is 5.75 Å². The van der Waals surface area contributed by atoms with E-state index in [2.05, 4.69) is 5.16 Å². The van der Waals surface area contributed by atoms with Crippen LogP contribution in [0.2, 0.25) is 0 Å². The third-order valence-corrected chi connectivity index (χ3v) is 4.32. The van der Waals surface area contributed by atoms with E-state index < -0.39 is 0 Å². The van der Waals surface area contributed by atoms with Gasteiger partial charge in [-0.15, -0.1) is 0 Å². The molecule has 0 spiro atoms. The average Bonchev–Trinajstić information content (AvgIpc) is 3.03. The molecule has 1 fully saturated rings. The number of pyridine rings is 1. The summed E-state index contributed by atoms with van der Waals surface area (Å²) in [5, 5.41) is 4.07. The normalized spacial score (nSPS) is 17.8. The van der Waals surface area contributed by atoms with Crippen LogP contribution in [-0.4, -0.2) is 34.2 Å². The summed E-state index contributed by atoms with van der Waals surface area (Å²) in [4.78, 5) is 26.8. The summed E-state index contributed by atoms with van der Waals surface area (Å²) in [5.41, 5.74) is 0.470. The Labute approximate surface area is 139 Å². The Morgan fingerprint density at radius 2 is 2.29 bits per heavy atom. The Balaban J connectivity index is 1.81. The SMILES string of the molecule is COc1cccn(CC(=O)N2CCCC[C@@H]2c2cc(C)on2)c1=O. The molecule has 0 radical (unpaired) electrons. The van der Waals surface area contributed by atoms with Gasteiger partial charge < -0.3 is 18.7 Å². The molecule has 1 aliphatic heterocycles. The van der Waals surface area contributed by atoms with Gasteiger partial charge in [0.25, 0.3) is 5.56 Å². The molecule has 0 N–H and O–H groups in total. The zero-order chi connectivity index (χ0) is 17.1. The summed E-state index contributed by atoms with van der Waals surface area (Å²) >= 11 is 0. The molecule has 7 heteroatoms. The van der Waals surface area contributed by atoms with Gasteiger partial charge in [-0.1, -0.05) is 5.16 Å². The molecule has 0 saturated carbocycles. The molecule has 0 aliphatic carbocycles. The van der Waals surface area contributed by atoms with Crippen molar-refractivity contribution in [3.05, 3.63) is 46.2 Å². The molecule has 24 heavy (non-hydrogen) atoms. The summed E-state index contributed by atoms with van der Waals surface area (Å²) in [6.45, 7) is 2.48. The Hall–Kier alpha value is -2.57. The number of amides is 1. The minimum absolute atomic E-state index is 0.0105. The fourth-order valence-electron chi connectivity index (χ4n) is 3.11. The molecule has 3 heterocycles. The molecular weight excluding hydrogens is 310 g/mol. The molecule has 1 amide bonds. The number of carbonyl (C=O) groups excluding carboxylic acids is 1. The molecule has 3 rings (SSSR count). The van der Waals surface area contributed by atoms with Crippen LogP contribution in [0.3, 0.4) is 0 Å². The Bertz CT molecular complexity index is 780. The van der Waals surface area contributed by atoms with Crippen molar-refractivity contribution >= 4 is 5.91 Å². The third-order valence-electron chi connectivity index (χ3n) is 4.32. The number of hydrogen-bond donors (Lipinski definition) is 0. The number of ether oxygens (including phenoxy) is 1. The Morgan fingerprint density at radius 1 is 1.46 bits per heavy atom. The molecule has 128 valence electrons. The molecule has 7 nitrogen and oxygen atoms in total. The molecule has 0 aromatic carbocycles. The predicted octanol–water partition coefficient (Wildman–Crippen LogP) is 1.91. The van der Waals surface area contributed by atoms with Crippen LogP contribution in [0.5, 0.6) is 5.75 Å². The Morgan fingerprint density at radius 3 is 3.00 bits per heavy atom. The first-order chi connectivity index (χ1) is 11.6. The van der Waals surface area contributed by atoms with Gasteiger partial charge in [0, 0.05) is 18.8 Å². The lowest BCUT2D eigenvalue weighted by molar-refractivity contribution is -0.135. The van der Waals surface area contributed by atoms with Crippen LogP contribution in [-0.2, 0) is 11.3 Å². The topological polar surface area (TPSA) is 77.6 Å². The fraction of sp³-hybridized carbons (Fsp3) is 0.471. The van der Waals surface area contributed by atoms with Crippen LogP contribution in [0, 0.1) is 6.92 Å². The zero-order valence-electron chi connectivity index (χ0n) is 13.9. The van der Waals surface area contributed by atoms with Gasteiger partial charge in [0.2, 0.25) is 5.91 Å². The molecule has 1 saturated heterocycles. The van der Waals surface area contributed by atoms with Crippen molar-refractivity contribution in [1.82, 2.24) is 14.6 Å². The predicted molar refractivity (Wildman–Crippen MR) is 86.8 cm³/mol. The molecule has 1 aliphatic rings. The lowest BCUT2D eigenvalue weighted by atomic mass is 9.99. The highest BCUT2D eigenvalue weighted by molar-refractivity contribution is 5.76. The van der Waals surface area contributed by atoms with Crippen molar-refractivity contribution in [3.8, 4) is 5.75 Å². The van der Waals surface area contributed by atoms with Gasteiger partial charge >= 0.3 is 0 Å². The standard InChI is InChI=1S/C17H21N3O4/c1-12-10-13(18-24-12)14-6-3-4-9-20(14)16(21)11-19-8-5-7-15(23-2)17(19)22/h5,7-8,10,14H,3-4,6,9,11H2,1-2H3/t14-/m1/s1. The van der Waals surface area contributed by atoms with E-state index in [4.69, 9.17) is 9.26 Å². The van der Waals surface area contributed by atoms with E-state index in [0.29, 0.717) is 6.54 Å². The summed E-state index contributed by atoms with van der Waals surface area (Å²) in [7, 11) is 1.44. The maximum atomic E-state index is 12.8. The van der Waals surface area contributed by atoms with Crippen LogP contribution >= 0.6 is 0 Å². The zero-order valence-corrected chi connectivity index (χ0v) is 13.9. The lowest BCUT2D eigenvalue weighted by Crippen LogP contribution is -2.41. The molecular formula is C17H21N3O4. The highest BCUT2D eigenvalue weighted by Crippen LogP contribution is 2.30. The van der Waals surface area contributed by atoms with Crippen molar-refractivity contribution in [1.29, 1.82) is 0 Å². The second kappa shape index (κ2) is 6.90. The van der Waals surface area contributed by atoms with E-state index in [0.717, 1.165) is 30.7 Å². The fourth-order valence-corrected chi connectivity index (χ4v) is 3.11. The summed E-state index contributed by atoms with van der Waals surface area (Å²) in [6, 6.07) is 5.06. The highest BCUT2D eigenvalue weighted by atomic mass is 16.5. The molecule has 2 aromatic rings. The molecule has 1 atom stereocenters. The first kappa shape index (κ1) is 16.3. The van der Waals surface area contributed by atoms with E-state index >= 15 is 0 Å².